The molecule has 8 heteroatoms. The Morgan fingerprint density at radius 3 is 2.65 bits per heavy atom. The largest absolute Gasteiger partial charge is 0.387 e. The normalized spacial score (nSPS) is 38.4. The Hall–Kier alpha value is -1.22. The summed E-state index contributed by atoms with van der Waals surface area (Å²) in [6.07, 6.45) is -3.88. The Kier molecular flexibility index (Phi) is 3.29. The van der Waals surface area contributed by atoms with Crippen molar-refractivity contribution >= 4 is 11.9 Å². The van der Waals surface area contributed by atoms with Gasteiger partial charge in [-0.15, -0.1) is 0 Å². The Bertz CT molecular complexity index is 337. The standard InChI is InChI=1S/C9H15N3O5/c10-3-4-6(14)7(15)8(17-4)12-2-1-5(13)11-9(12)16/h4,6-8,14-15H,1-3,10H2,(H,11,13,16)/t4-,6-,7-,8-/m1/s1. The summed E-state index contributed by atoms with van der Waals surface area (Å²) < 4.78 is 5.31. The minimum absolute atomic E-state index is 0.0448. The predicted octanol–water partition coefficient (Wildman–Crippen LogP) is -2.67. The number of carbonyl (C=O) groups excluding carboxylic acids is 2. The van der Waals surface area contributed by atoms with E-state index in [9.17, 15) is 19.8 Å². The van der Waals surface area contributed by atoms with Crippen LogP contribution >= 0.6 is 0 Å². The van der Waals surface area contributed by atoms with Crippen molar-refractivity contribution in [3.8, 4) is 0 Å². The highest BCUT2D eigenvalue weighted by molar-refractivity contribution is 5.96. The number of amides is 3. The summed E-state index contributed by atoms with van der Waals surface area (Å²) in [5.74, 6) is -0.366. The molecule has 2 saturated heterocycles. The molecule has 2 aliphatic rings. The van der Waals surface area contributed by atoms with Gasteiger partial charge in [0, 0.05) is 19.5 Å². The predicted molar refractivity (Wildman–Crippen MR) is 54.6 cm³/mol. The number of aliphatic hydroxyl groups is 2. The number of urea groups is 1. The minimum atomic E-state index is -1.22. The lowest BCUT2D eigenvalue weighted by Gasteiger charge is -2.32. The van der Waals surface area contributed by atoms with Crippen LogP contribution in [0, 0.1) is 0 Å². The van der Waals surface area contributed by atoms with E-state index < -0.39 is 30.6 Å². The second kappa shape index (κ2) is 4.57. The Morgan fingerprint density at radius 1 is 1.41 bits per heavy atom. The van der Waals surface area contributed by atoms with Gasteiger partial charge in [-0.05, 0) is 0 Å². The summed E-state index contributed by atoms with van der Waals surface area (Å²) >= 11 is 0. The lowest BCUT2D eigenvalue weighted by Crippen LogP contribution is -2.56. The summed E-state index contributed by atoms with van der Waals surface area (Å²) in [7, 11) is 0. The van der Waals surface area contributed by atoms with Crippen molar-refractivity contribution in [1.29, 1.82) is 0 Å². The molecule has 0 saturated carbocycles. The van der Waals surface area contributed by atoms with Crippen LogP contribution in [-0.2, 0) is 9.53 Å². The number of imide groups is 1. The van der Waals surface area contributed by atoms with E-state index in [-0.39, 0.29) is 25.4 Å². The maximum Gasteiger partial charge on any atom is 0.326 e. The Labute approximate surface area is 97.3 Å². The molecule has 2 aliphatic heterocycles. The molecule has 0 aromatic carbocycles. The van der Waals surface area contributed by atoms with E-state index in [2.05, 4.69) is 5.32 Å². The zero-order valence-electron chi connectivity index (χ0n) is 9.07. The number of nitrogens with zero attached hydrogens (tertiary/aromatic N) is 1. The number of nitrogens with one attached hydrogen (secondary N) is 1. The van der Waals surface area contributed by atoms with Gasteiger partial charge in [0.05, 0.1) is 0 Å². The number of hydrogen-bond acceptors (Lipinski definition) is 6. The van der Waals surface area contributed by atoms with Gasteiger partial charge in [0.25, 0.3) is 0 Å². The zero-order chi connectivity index (χ0) is 12.6. The van der Waals surface area contributed by atoms with Crippen molar-refractivity contribution in [2.45, 2.75) is 31.0 Å². The minimum Gasteiger partial charge on any atom is -0.387 e. The number of nitrogens with two attached hydrogens (primary N) is 1. The number of rotatable bonds is 2. The fourth-order valence-electron chi connectivity index (χ4n) is 2.00. The third kappa shape index (κ3) is 2.12. The van der Waals surface area contributed by atoms with Crippen LogP contribution in [0.1, 0.15) is 6.42 Å². The highest BCUT2D eigenvalue weighted by Gasteiger charge is 2.47. The third-order valence-electron chi connectivity index (χ3n) is 2.96. The fraction of sp³-hybridized carbons (Fsp3) is 0.778. The lowest BCUT2D eigenvalue weighted by atomic mass is 10.1. The van der Waals surface area contributed by atoms with Crippen LogP contribution < -0.4 is 11.1 Å². The molecular formula is C9H15N3O5. The number of ether oxygens (including phenoxy) is 1. The molecule has 0 spiro atoms. The summed E-state index contributed by atoms with van der Waals surface area (Å²) in [5, 5.41) is 21.5. The number of hydrogen-bond donors (Lipinski definition) is 4. The highest BCUT2D eigenvalue weighted by atomic mass is 16.6. The maximum absolute atomic E-state index is 11.5. The van der Waals surface area contributed by atoms with Crippen molar-refractivity contribution in [2.75, 3.05) is 13.1 Å². The topological polar surface area (TPSA) is 125 Å². The van der Waals surface area contributed by atoms with Crippen molar-refractivity contribution in [3.63, 3.8) is 0 Å². The van der Waals surface area contributed by atoms with Gasteiger partial charge < -0.3 is 20.7 Å². The smallest absolute Gasteiger partial charge is 0.326 e. The maximum atomic E-state index is 11.5. The second-order valence-electron chi connectivity index (χ2n) is 4.08. The number of carbonyl (C=O) groups is 2. The van der Waals surface area contributed by atoms with Gasteiger partial charge >= 0.3 is 6.03 Å². The molecule has 5 N–H and O–H groups in total. The average Bonchev–Trinajstić information content (AvgIpc) is 2.57. The van der Waals surface area contributed by atoms with Crippen molar-refractivity contribution in [3.05, 3.63) is 0 Å². The van der Waals surface area contributed by atoms with Gasteiger partial charge in [0.15, 0.2) is 6.23 Å². The first-order chi connectivity index (χ1) is 8.04. The number of aliphatic hydroxyl groups excluding tert-OH is 2. The second-order valence-corrected chi connectivity index (χ2v) is 4.08. The van der Waals surface area contributed by atoms with Crippen LogP contribution in [-0.4, -0.2) is 64.7 Å². The van der Waals surface area contributed by atoms with E-state index in [0.717, 1.165) is 0 Å². The van der Waals surface area contributed by atoms with Crippen LogP contribution in [0.15, 0.2) is 0 Å². The Morgan fingerprint density at radius 2 is 2.12 bits per heavy atom. The van der Waals surface area contributed by atoms with Crippen molar-refractivity contribution in [2.24, 2.45) is 5.73 Å². The third-order valence-corrected chi connectivity index (χ3v) is 2.96. The first kappa shape index (κ1) is 12.2. The van der Waals surface area contributed by atoms with Crippen molar-refractivity contribution in [1.82, 2.24) is 10.2 Å². The van der Waals surface area contributed by atoms with Crippen LogP contribution in [0.4, 0.5) is 4.79 Å². The molecule has 2 fully saturated rings. The van der Waals surface area contributed by atoms with E-state index in [1.165, 1.54) is 4.90 Å². The molecule has 0 aromatic rings. The van der Waals surface area contributed by atoms with Crippen LogP contribution in [0.25, 0.3) is 0 Å². The van der Waals surface area contributed by atoms with E-state index >= 15 is 0 Å². The molecule has 0 aliphatic carbocycles. The van der Waals surface area contributed by atoms with Gasteiger partial charge in [-0.25, -0.2) is 4.79 Å². The van der Waals surface area contributed by atoms with Crippen molar-refractivity contribution < 1.29 is 24.5 Å². The van der Waals surface area contributed by atoms with Crippen LogP contribution in [0.3, 0.4) is 0 Å². The monoisotopic (exact) mass is 245 g/mol. The average molecular weight is 245 g/mol. The summed E-state index contributed by atoms with van der Waals surface area (Å²) in [6, 6.07) is -0.629. The molecule has 2 rings (SSSR count). The zero-order valence-corrected chi connectivity index (χ0v) is 9.07. The molecule has 17 heavy (non-hydrogen) atoms. The van der Waals surface area contributed by atoms with Crippen LogP contribution in [0.5, 0.6) is 0 Å². The summed E-state index contributed by atoms with van der Waals surface area (Å²) in [6.45, 7) is 0.194. The van der Waals surface area contributed by atoms with E-state index in [1.807, 2.05) is 0 Å². The molecule has 96 valence electrons. The highest BCUT2D eigenvalue weighted by Crippen LogP contribution is 2.24. The van der Waals surface area contributed by atoms with Crippen LogP contribution in [0.2, 0.25) is 0 Å². The molecule has 0 aromatic heterocycles. The molecule has 0 unspecified atom stereocenters. The molecule has 0 bridgehead atoms. The molecule has 2 heterocycles. The van der Waals surface area contributed by atoms with Gasteiger partial charge in [-0.3, -0.25) is 15.0 Å². The molecule has 8 nitrogen and oxygen atoms in total. The SMILES string of the molecule is NC[C@H]1O[C@@H](N2CCC(=O)NC2=O)[C@H](O)[C@@H]1O. The van der Waals surface area contributed by atoms with E-state index in [0.29, 0.717) is 0 Å². The van der Waals surface area contributed by atoms with E-state index in [4.69, 9.17) is 10.5 Å². The van der Waals surface area contributed by atoms with Gasteiger partial charge in [0.1, 0.15) is 18.3 Å². The molecule has 0 radical (unpaired) electrons. The lowest BCUT2D eigenvalue weighted by molar-refractivity contribution is -0.125. The quantitative estimate of drug-likeness (QED) is 0.420. The van der Waals surface area contributed by atoms with Gasteiger partial charge in [-0.1, -0.05) is 0 Å². The van der Waals surface area contributed by atoms with Gasteiger partial charge in [0.2, 0.25) is 5.91 Å². The molecular weight excluding hydrogens is 230 g/mol. The molecule has 4 atom stereocenters. The summed E-state index contributed by atoms with van der Waals surface area (Å²) in [4.78, 5) is 23.7. The first-order valence-corrected chi connectivity index (χ1v) is 5.36. The molecule has 3 amide bonds. The first-order valence-electron chi connectivity index (χ1n) is 5.36. The summed E-state index contributed by atoms with van der Waals surface area (Å²) in [5.41, 5.74) is 5.37. The van der Waals surface area contributed by atoms with Gasteiger partial charge in [-0.2, -0.15) is 0 Å². The van der Waals surface area contributed by atoms with E-state index in [1.54, 1.807) is 0 Å². The Balaban J connectivity index is 2.08. The fourth-order valence-corrected chi connectivity index (χ4v) is 2.00.